The summed E-state index contributed by atoms with van der Waals surface area (Å²) in [5.74, 6) is -1.95. The summed E-state index contributed by atoms with van der Waals surface area (Å²) in [5, 5.41) is 2.39. The zero-order chi connectivity index (χ0) is 15.6. The third-order valence-electron chi connectivity index (χ3n) is 2.86. The van der Waals surface area contributed by atoms with Gasteiger partial charge in [0.25, 0.3) is 11.5 Å². The Morgan fingerprint density at radius 1 is 1.33 bits per heavy atom. The Hall–Kier alpha value is -2.21. The maximum absolute atomic E-state index is 13.4. The van der Waals surface area contributed by atoms with Crippen LogP contribution in [-0.4, -0.2) is 10.5 Å². The van der Waals surface area contributed by atoms with Gasteiger partial charge in [-0.1, -0.05) is 17.7 Å². The van der Waals surface area contributed by atoms with Crippen LogP contribution in [-0.2, 0) is 13.6 Å². The summed E-state index contributed by atoms with van der Waals surface area (Å²) < 4.78 is 27.4. The van der Waals surface area contributed by atoms with Crippen molar-refractivity contribution in [2.24, 2.45) is 7.05 Å². The summed E-state index contributed by atoms with van der Waals surface area (Å²) in [6, 6.07) is 4.33. The molecule has 2 aromatic rings. The molecule has 0 unspecified atom stereocenters. The van der Waals surface area contributed by atoms with E-state index in [4.69, 9.17) is 11.6 Å². The molecule has 7 heteroatoms. The van der Waals surface area contributed by atoms with Gasteiger partial charge in [-0.2, -0.15) is 0 Å². The SMILES string of the molecule is Cn1cc(C(=O)NCc2ccc(F)cc2F)cc(Cl)c1=O. The Morgan fingerprint density at radius 3 is 2.67 bits per heavy atom. The van der Waals surface area contributed by atoms with Crippen molar-refractivity contribution < 1.29 is 13.6 Å². The topological polar surface area (TPSA) is 51.1 Å². The summed E-state index contributed by atoms with van der Waals surface area (Å²) in [6.45, 7) is -0.106. The number of benzene rings is 1. The highest BCUT2D eigenvalue weighted by atomic mass is 35.5. The fraction of sp³-hybridized carbons (Fsp3) is 0.143. The Morgan fingerprint density at radius 2 is 2.05 bits per heavy atom. The van der Waals surface area contributed by atoms with E-state index in [-0.39, 0.29) is 22.7 Å². The van der Waals surface area contributed by atoms with Crippen molar-refractivity contribution in [1.29, 1.82) is 0 Å². The molecule has 0 radical (unpaired) electrons. The molecule has 0 saturated carbocycles. The average Bonchev–Trinajstić information content (AvgIpc) is 2.43. The van der Waals surface area contributed by atoms with E-state index in [1.165, 1.54) is 29.9 Å². The number of nitrogens with zero attached hydrogens (tertiary/aromatic N) is 1. The fourth-order valence-corrected chi connectivity index (χ4v) is 1.99. The number of carbonyl (C=O) groups excluding carboxylic acids is 1. The molecule has 2 rings (SSSR count). The first-order valence-corrected chi connectivity index (χ1v) is 6.34. The van der Waals surface area contributed by atoms with Crippen molar-refractivity contribution in [3.05, 3.63) is 68.6 Å². The number of hydrogen-bond donors (Lipinski definition) is 1. The molecule has 0 aliphatic carbocycles. The molecule has 1 aromatic heterocycles. The molecule has 110 valence electrons. The minimum absolute atomic E-state index is 0.0851. The van der Waals surface area contributed by atoms with Gasteiger partial charge >= 0.3 is 0 Å². The lowest BCUT2D eigenvalue weighted by Crippen LogP contribution is -2.26. The quantitative estimate of drug-likeness (QED) is 0.945. The summed E-state index contributed by atoms with van der Waals surface area (Å²) in [4.78, 5) is 23.3. The van der Waals surface area contributed by atoms with Crippen LogP contribution in [0.25, 0.3) is 0 Å². The molecule has 0 saturated heterocycles. The van der Waals surface area contributed by atoms with E-state index in [0.29, 0.717) is 0 Å². The lowest BCUT2D eigenvalue weighted by molar-refractivity contribution is 0.0950. The molecule has 0 spiro atoms. The van der Waals surface area contributed by atoms with E-state index in [1.54, 1.807) is 0 Å². The number of pyridine rings is 1. The van der Waals surface area contributed by atoms with E-state index < -0.39 is 23.1 Å². The first-order chi connectivity index (χ1) is 9.88. The summed E-state index contributed by atoms with van der Waals surface area (Å²) in [6.07, 6.45) is 1.32. The highest BCUT2D eigenvalue weighted by Crippen LogP contribution is 2.10. The molecule has 0 fully saturated rings. The van der Waals surface area contributed by atoms with Gasteiger partial charge < -0.3 is 9.88 Å². The van der Waals surface area contributed by atoms with Gasteiger partial charge in [0.1, 0.15) is 16.7 Å². The Bertz CT molecular complexity index is 733. The molecule has 0 aliphatic rings. The van der Waals surface area contributed by atoms with Crippen LogP contribution >= 0.6 is 11.6 Å². The predicted octanol–water partition coefficient (Wildman–Crippen LogP) is 2.25. The van der Waals surface area contributed by atoms with Crippen molar-refractivity contribution in [2.75, 3.05) is 0 Å². The second-order valence-electron chi connectivity index (χ2n) is 4.41. The zero-order valence-corrected chi connectivity index (χ0v) is 11.7. The maximum Gasteiger partial charge on any atom is 0.269 e. The minimum Gasteiger partial charge on any atom is -0.348 e. The number of rotatable bonds is 3. The molecule has 0 bridgehead atoms. The maximum atomic E-state index is 13.4. The van der Waals surface area contributed by atoms with Crippen LogP contribution < -0.4 is 10.9 Å². The molecule has 4 nitrogen and oxygen atoms in total. The van der Waals surface area contributed by atoms with Gasteiger partial charge in [0.2, 0.25) is 0 Å². The molecular formula is C14H11ClF2N2O2. The number of halogens is 3. The molecular weight excluding hydrogens is 302 g/mol. The van der Waals surface area contributed by atoms with Gasteiger partial charge in [0.15, 0.2) is 0 Å². The van der Waals surface area contributed by atoms with E-state index in [0.717, 1.165) is 12.1 Å². The van der Waals surface area contributed by atoms with Crippen molar-refractivity contribution in [1.82, 2.24) is 9.88 Å². The van der Waals surface area contributed by atoms with E-state index in [9.17, 15) is 18.4 Å². The van der Waals surface area contributed by atoms with Gasteiger partial charge in [0.05, 0.1) is 5.56 Å². The van der Waals surface area contributed by atoms with Gasteiger partial charge in [-0.25, -0.2) is 8.78 Å². The second-order valence-corrected chi connectivity index (χ2v) is 4.82. The Labute approximate surface area is 124 Å². The lowest BCUT2D eigenvalue weighted by atomic mass is 10.2. The first-order valence-electron chi connectivity index (χ1n) is 5.97. The van der Waals surface area contributed by atoms with Crippen molar-refractivity contribution in [2.45, 2.75) is 6.54 Å². The number of amides is 1. The van der Waals surface area contributed by atoms with Gasteiger partial charge in [-0.05, 0) is 12.1 Å². The van der Waals surface area contributed by atoms with E-state index >= 15 is 0 Å². The monoisotopic (exact) mass is 312 g/mol. The minimum atomic E-state index is -0.742. The van der Waals surface area contributed by atoms with Crippen molar-refractivity contribution in [3.63, 3.8) is 0 Å². The summed E-state index contributed by atoms with van der Waals surface area (Å²) in [5.41, 5.74) is -0.0944. The van der Waals surface area contributed by atoms with Crippen LogP contribution in [0.3, 0.4) is 0 Å². The molecule has 1 N–H and O–H groups in total. The smallest absolute Gasteiger partial charge is 0.269 e. The average molecular weight is 313 g/mol. The van der Waals surface area contributed by atoms with Crippen LogP contribution in [0, 0.1) is 11.6 Å². The molecule has 1 amide bonds. The third kappa shape index (κ3) is 3.46. The second kappa shape index (κ2) is 6.05. The number of carbonyl (C=O) groups is 1. The predicted molar refractivity (Wildman–Crippen MR) is 74.2 cm³/mol. The molecule has 0 atom stereocenters. The fourth-order valence-electron chi connectivity index (χ4n) is 1.74. The normalized spacial score (nSPS) is 10.5. The number of aromatic nitrogens is 1. The van der Waals surface area contributed by atoms with Crippen molar-refractivity contribution in [3.8, 4) is 0 Å². The Kier molecular flexibility index (Phi) is 4.37. The van der Waals surface area contributed by atoms with Crippen LogP contribution in [0.5, 0.6) is 0 Å². The van der Waals surface area contributed by atoms with Crippen LogP contribution in [0.4, 0.5) is 8.78 Å². The number of nitrogens with one attached hydrogen (secondary N) is 1. The molecule has 1 aromatic carbocycles. The highest BCUT2D eigenvalue weighted by molar-refractivity contribution is 6.30. The van der Waals surface area contributed by atoms with E-state index in [1.807, 2.05) is 0 Å². The van der Waals surface area contributed by atoms with Crippen LogP contribution in [0.1, 0.15) is 15.9 Å². The summed E-state index contributed by atoms with van der Waals surface area (Å²) >= 11 is 5.71. The van der Waals surface area contributed by atoms with Crippen molar-refractivity contribution >= 4 is 17.5 Å². The molecule has 1 heterocycles. The van der Waals surface area contributed by atoms with Crippen LogP contribution in [0.2, 0.25) is 5.02 Å². The first kappa shape index (κ1) is 15.2. The number of aryl methyl sites for hydroxylation is 1. The lowest BCUT2D eigenvalue weighted by Gasteiger charge is -2.08. The van der Waals surface area contributed by atoms with E-state index in [2.05, 4.69) is 5.32 Å². The largest absolute Gasteiger partial charge is 0.348 e. The number of hydrogen-bond acceptors (Lipinski definition) is 2. The van der Waals surface area contributed by atoms with Crippen LogP contribution in [0.15, 0.2) is 35.3 Å². The van der Waals surface area contributed by atoms with Gasteiger partial charge in [-0.15, -0.1) is 0 Å². The Balaban J connectivity index is 2.13. The van der Waals surface area contributed by atoms with Gasteiger partial charge in [-0.3, -0.25) is 9.59 Å². The molecule has 21 heavy (non-hydrogen) atoms. The highest BCUT2D eigenvalue weighted by Gasteiger charge is 2.11. The third-order valence-corrected chi connectivity index (χ3v) is 3.13. The molecule has 0 aliphatic heterocycles. The standard InChI is InChI=1S/C14H11ClF2N2O2/c1-19-7-9(4-11(15)14(19)21)13(20)18-6-8-2-3-10(16)5-12(8)17/h2-5,7H,6H2,1H3,(H,18,20). The zero-order valence-electron chi connectivity index (χ0n) is 11.0. The summed E-state index contributed by atoms with van der Waals surface area (Å²) in [7, 11) is 1.46. The van der Waals surface area contributed by atoms with Gasteiger partial charge in [0, 0.05) is 31.4 Å².